The summed E-state index contributed by atoms with van der Waals surface area (Å²) in [6.45, 7) is 0. The van der Waals surface area contributed by atoms with Crippen LogP contribution in [0.1, 0.15) is 0 Å². The van der Waals surface area contributed by atoms with Crippen LogP contribution < -0.4 is 0 Å². The Labute approximate surface area is 261 Å². The van der Waals surface area contributed by atoms with Crippen LogP contribution >= 0.6 is 0 Å². The van der Waals surface area contributed by atoms with Gasteiger partial charge in [-0.25, -0.2) is 4.98 Å². The third-order valence-electron chi connectivity index (χ3n) is 8.99. The van der Waals surface area contributed by atoms with E-state index in [1.807, 2.05) is 0 Å². The Morgan fingerprint density at radius 3 is 1.51 bits per heavy atom. The molecule has 8 aromatic carbocycles. The summed E-state index contributed by atoms with van der Waals surface area (Å²) in [7, 11) is 0. The molecule has 9 rings (SSSR count). The van der Waals surface area contributed by atoms with E-state index in [-0.39, 0.29) is 0 Å². The van der Waals surface area contributed by atoms with E-state index in [2.05, 4.69) is 174 Å². The highest BCUT2D eigenvalue weighted by molar-refractivity contribution is 6.21. The van der Waals surface area contributed by atoms with E-state index in [4.69, 9.17) is 4.98 Å². The van der Waals surface area contributed by atoms with Crippen molar-refractivity contribution >= 4 is 43.4 Å². The van der Waals surface area contributed by atoms with Gasteiger partial charge in [0.05, 0.1) is 16.7 Å². The van der Waals surface area contributed by atoms with E-state index in [0.717, 1.165) is 28.1 Å². The molecule has 0 unspecified atom stereocenters. The molecule has 0 aliphatic rings. The van der Waals surface area contributed by atoms with Gasteiger partial charge in [0.2, 0.25) is 0 Å². The second kappa shape index (κ2) is 10.3. The first kappa shape index (κ1) is 25.5. The maximum Gasteiger partial charge on any atom is 0.145 e. The molecular formula is C43H28N2. The van der Waals surface area contributed by atoms with Crippen molar-refractivity contribution < 1.29 is 0 Å². The van der Waals surface area contributed by atoms with Crippen molar-refractivity contribution in [2.75, 3.05) is 0 Å². The van der Waals surface area contributed by atoms with E-state index in [0.29, 0.717) is 0 Å². The zero-order chi connectivity index (χ0) is 29.7. The number of benzene rings is 8. The lowest BCUT2D eigenvalue weighted by Gasteiger charge is -2.18. The van der Waals surface area contributed by atoms with Gasteiger partial charge in [0.25, 0.3) is 0 Å². The maximum absolute atomic E-state index is 5.18. The number of fused-ring (bicyclic) bond motifs is 4. The molecule has 2 heteroatoms. The number of hydrogen-bond donors (Lipinski definition) is 0. The van der Waals surface area contributed by atoms with Crippen LogP contribution in [0.5, 0.6) is 0 Å². The molecule has 0 saturated carbocycles. The Morgan fingerprint density at radius 2 is 0.844 bits per heavy atom. The van der Waals surface area contributed by atoms with Crippen LogP contribution in [0.2, 0.25) is 0 Å². The van der Waals surface area contributed by atoms with E-state index in [1.54, 1.807) is 0 Å². The number of rotatable bonds is 4. The summed E-state index contributed by atoms with van der Waals surface area (Å²) in [6.07, 6.45) is 0. The first-order chi connectivity index (χ1) is 22.3. The molecule has 0 saturated heterocycles. The zero-order valence-electron chi connectivity index (χ0n) is 24.6. The molecule has 0 amide bonds. The predicted octanol–water partition coefficient (Wildman–Crippen LogP) is 11.5. The molecule has 0 atom stereocenters. The quantitative estimate of drug-likeness (QED) is 0.192. The van der Waals surface area contributed by atoms with Crippen LogP contribution in [0.15, 0.2) is 170 Å². The van der Waals surface area contributed by atoms with Gasteiger partial charge in [-0.05, 0) is 67.4 Å². The highest BCUT2D eigenvalue weighted by atomic mass is 15.1. The number of imidazole rings is 1. The van der Waals surface area contributed by atoms with Gasteiger partial charge in [-0.1, -0.05) is 152 Å². The third-order valence-corrected chi connectivity index (χ3v) is 8.99. The third kappa shape index (κ3) is 4.07. The number of hydrogen-bond acceptors (Lipinski definition) is 1. The fourth-order valence-corrected chi connectivity index (χ4v) is 7.01. The first-order valence-electron chi connectivity index (χ1n) is 15.4. The van der Waals surface area contributed by atoms with E-state index in [9.17, 15) is 0 Å². The van der Waals surface area contributed by atoms with Gasteiger partial charge in [0.15, 0.2) is 0 Å². The molecular weight excluding hydrogens is 544 g/mol. The smallest absolute Gasteiger partial charge is 0.145 e. The number of nitrogens with zero attached hydrogens (tertiary/aromatic N) is 2. The van der Waals surface area contributed by atoms with Crippen LogP contribution in [0.3, 0.4) is 0 Å². The minimum atomic E-state index is 0.938. The van der Waals surface area contributed by atoms with Gasteiger partial charge in [-0.3, -0.25) is 4.57 Å². The summed E-state index contributed by atoms with van der Waals surface area (Å²) in [6, 6.07) is 60.8. The van der Waals surface area contributed by atoms with E-state index in [1.165, 1.54) is 54.6 Å². The van der Waals surface area contributed by atoms with Crippen molar-refractivity contribution in [1.82, 2.24) is 9.55 Å². The largest absolute Gasteiger partial charge is 0.292 e. The van der Waals surface area contributed by atoms with Gasteiger partial charge in [-0.15, -0.1) is 0 Å². The van der Waals surface area contributed by atoms with Crippen LogP contribution in [-0.4, -0.2) is 9.55 Å². The molecule has 1 aromatic heterocycles. The molecule has 0 spiro atoms. The summed E-state index contributed by atoms with van der Waals surface area (Å²) >= 11 is 0. The summed E-state index contributed by atoms with van der Waals surface area (Å²) in [4.78, 5) is 5.18. The SMILES string of the molecule is c1ccc(-c2c3ccccc3c(-c3ccc(-c4nc5ccccc5n4-c4cccc5ccccc45)cc3)c3ccccc23)cc1. The van der Waals surface area contributed by atoms with Crippen molar-refractivity contribution in [3.05, 3.63) is 170 Å². The monoisotopic (exact) mass is 572 g/mol. The van der Waals surface area contributed by atoms with Crippen molar-refractivity contribution in [3.8, 4) is 39.3 Å². The van der Waals surface area contributed by atoms with E-state index >= 15 is 0 Å². The lowest BCUT2D eigenvalue weighted by atomic mass is 9.86. The van der Waals surface area contributed by atoms with Gasteiger partial charge in [-0.2, -0.15) is 0 Å². The maximum atomic E-state index is 5.18. The molecule has 0 radical (unpaired) electrons. The standard InChI is InChI=1S/C43H28N2/c1-2-14-30(15-3-1)41-34-18-6-8-20-36(34)42(37-21-9-7-19-35(37)41)31-25-27-32(28-26-31)43-44-38-22-10-11-23-40(38)45(43)39-24-12-16-29-13-4-5-17-33(29)39/h1-28H. The van der Waals surface area contributed by atoms with Gasteiger partial charge in [0, 0.05) is 10.9 Å². The lowest BCUT2D eigenvalue weighted by molar-refractivity contribution is 1.11. The van der Waals surface area contributed by atoms with E-state index < -0.39 is 0 Å². The normalized spacial score (nSPS) is 11.6. The topological polar surface area (TPSA) is 17.8 Å². The Morgan fingerprint density at radius 1 is 0.356 bits per heavy atom. The summed E-state index contributed by atoms with van der Waals surface area (Å²) in [5.74, 6) is 0.938. The molecule has 0 bridgehead atoms. The number of aromatic nitrogens is 2. The molecule has 1 heterocycles. The second-order valence-corrected chi connectivity index (χ2v) is 11.5. The van der Waals surface area contributed by atoms with Crippen LogP contribution in [-0.2, 0) is 0 Å². The van der Waals surface area contributed by atoms with Crippen LogP contribution in [0, 0.1) is 0 Å². The Balaban J connectivity index is 1.26. The van der Waals surface area contributed by atoms with Gasteiger partial charge in [0.1, 0.15) is 5.82 Å². The average Bonchev–Trinajstić information content (AvgIpc) is 3.50. The van der Waals surface area contributed by atoms with Crippen LogP contribution in [0.25, 0.3) is 82.7 Å². The Hall–Kier alpha value is -5.99. The summed E-state index contributed by atoms with van der Waals surface area (Å²) in [5.41, 5.74) is 9.27. The van der Waals surface area contributed by atoms with Crippen molar-refractivity contribution in [2.24, 2.45) is 0 Å². The summed E-state index contributed by atoms with van der Waals surface area (Å²) in [5, 5.41) is 7.46. The predicted molar refractivity (Wildman–Crippen MR) is 190 cm³/mol. The number of para-hydroxylation sites is 2. The van der Waals surface area contributed by atoms with Gasteiger partial charge >= 0.3 is 0 Å². The van der Waals surface area contributed by atoms with Crippen molar-refractivity contribution in [1.29, 1.82) is 0 Å². The molecule has 0 aliphatic carbocycles. The molecule has 0 N–H and O–H groups in total. The summed E-state index contributed by atoms with van der Waals surface area (Å²) < 4.78 is 2.31. The minimum Gasteiger partial charge on any atom is -0.292 e. The van der Waals surface area contributed by atoms with Crippen molar-refractivity contribution in [2.45, 2.75) is 0 Å². The van der Waals surface area contributed by atoms with Crippen LogP contribution in [0.4, 0.5) is 0 Å². The molecule has 0 fully saturated rings. The molecule has 210 valence electrons. The Bertz CT molecular complexity index is 2460. The van der Waals surface area contributed by atoms with Crippen molar-refractivity contribution in [3.63, 3.8) is 0 Å². The molecule has 9 aromatic rings. The fraction of sp³-hybridized carbons (Fsp3) is 0. The fourth-order valence-electron chi connectivity index (χ4n) is 7.01. The van der Waals surface area contributed by atoms with Gasteiger partial charge < -0.3 is 0 Å². The Kier molecular flexibility index (Phi) is 5.85. The second-order valence-electron chi connectivity index (χ2n) is 11.5. The average molecular weight is 573 g/mol. The zero-order valence-corrected chi connectivity index (χ0v) is 24.6. The highest BCUT2D eigenvalue weighted by Gasteiger charge is 2.19. The lowest BCUT2D eigenvalue weighted by Crippen LogP contribution is -1.98. The molecule has 0 aliphatic heterocycles. The molecule has 2 nitrogen and oxygen atoms in total. The first-order valence-corrected chi connectivity index (χ1v) is 15.4. The highest BCUT2D eigenvalue weighted by Crippen LogP contribution is 2.44. The minimum absolute atomic E-state index is 0.938. The molecule has 45 heavy (non-hydrogen) atoms.